The number of terminal acetylenes is 1. The molecule has 154 valence electrons. The first-order chi connectivity index (χ1) is 12.5. The smallest absolute Gasteiger partial charge is 0.220 e. The SMILES string of the molecule is C#CCC(C)(C)OCCC(C)(C)NC(=O)CCCCCC1NC(=C)NC1C. The van der Waals surface area contributed by atoms with E-state index in [1.54, 1.807) is 0 Å². The van der Waals surface area contributed by atoms with Gasteiger partial charge in [-0.15, -0.1) is 12.3 Å². The van der Waals surface area contributed by atoms with Gasteiger partial charge < -0.3 is 20.7 Å². The van der Waals surface area contributed by atoms with E-state index in [4.69, 9.17) is 11.2 Å². The maximum atomic E-state index is 12.2. The highest BCUT2D eigenvalue weighted by Gasteiger charge is 2.24. The van der Waals surface area contributed by atoms with Gasteiger partial charge in [-0.1, -0.05) is 19.4 Å². The summed E-state index contributed by atoms with van der Waals surface area (Å²) in [6.07, 6.45) is 11.5. The van der Waals surface area contributed by atoms with Crippen molar-refractivity contribution in [2.75, 3.05) is 6.61 Å². The molecule has 5 heteroatoms. The molecule has 1 heterocycles. The minimum Gasteiger partial charge on any atom is -0.374 e. The van der Waals surface area contributed by atoms with E-state index < -0.39 is 0 Å². The summed E-state index contributed by atoms with van der Waals surface area (Å²) >= 11 is 0. The van der Waals surface area contributed by atoms with Gasteiger partial charge in [0.05, 0.1) is 11.4 Å². The van der Waals surface area contributed by atoms with Crippen molar-refractivity contribution in [3.8, 4) is 12.3 Å². The number of carbonyl (C=O) groups excluding carboxylic acids is 1. The summed E-state index contributed by atoms with van der Waals surface area (Å²) in [4.78, 5) is 12.2. The lowest BCUT2D eigenvalue weighted by Gasteiger charge is -2.29. The van der Waals surface area contributed by atoms with E-state index in [2.05, 4.69) is 35.4 Å². The van der Waals surface area contributed by atoms with Crippen molar-refractivity contribution >= 4 is 5.91 Å². The van der Waals surface area contributed by atoms with Crippen LogP contribution in [0.4, 0.5) is 0 Å². The molecule has 0 radical (unpaired) electrons. The molecule has 1 saturated heterocycles. The average Bonchev–Trinajstić information content (AvgIpc) is 2.83. The van der Waals surface area contributed by atoms with Gasteiger partial charge in [0.15, 0.2) is 0 Å². The fraction of sp³-hybridized carbons (Fsp3) is 0.773. The first-order valence-corrected chi connectivity index (χ1v) is 10.1. The minimum absolute atomic E-state index is 0.116. The lowest BCUT2D eigenvalue weighted by molar-refractivity contribution is -0.123. The van der Waals surface area contributed by atoms with Gasteiger partial charge in [-0.3, -0.25) is 4.79 Å². The van der Waals surface area contributed by atoms with Crippen LogP contribution >= 0.6 is 0 Å². The summed E-state index contributed by atoms with van der Waals surface area (Å²) < 4.78 is 5.85. The number of ether oxygens (including phenoxy) is 1. The Hall–Kier alpha value is -1.67. The Kier molecular flexibility index (Phi) is 9.18. The van der Waals surface area contributed by atoms with Crippen LogP contribution in [-0.4, -0.2) is 35.7 Å². The van der Waals surface area contributed by atoms with Gasteiger partial charge in [0.2, 0.25) is 5.91 Å². The predicted molar refractivity (Wildman–Crippen MR) is 112 cm³/mol. The second-order valence-electron chi connectivity index (χ2n) is 8.93. The van der Waals surface area contributed by atoms with Crippen LogP contribution in [0.5, 0.6) is 0 Å². The van der Waals surface area contributed by atoms with Crippen LogP contribution in [0.3, 0.4) is 0 Å². The largest absolute Gasteiger partial charge is 0.374 e. The molecule has 2 atom stereocenters. The lowest BCUT2D eigenvalue weighted by Crippen LogP contribution is -2.44. The normalized spacial score (nSPS) is 19.9. The monoisotopic (exact) mass is 377 g/mol. The number of hydrogen-bond donors (Lipinski definition) is 3. The Bertz CT molecular complexity index is 534. The first-order valence-electron chi connectivity index (χ1n) is 10.1. The van der Waals surface area contributed by atoms with Crippen molar-refractivity contribution in [2.45, 2.75) is 103 Å². The molecule has 1 aliphatic rings. The van der Waals surface area contributed by atoms with E-state index in [0.717, 1.165) is 37.9 Å². The molecule has 27 heavy (non-hydrogen) atoms. The fourth-order valence-corrected chi connectivity index (χ4v) is 3.30. The van der Waals surface area contributed by atoms with Crippen LogP contribution in [0.25, 0.3) is 0 Å². The molecular weight excluding hydrogens is 338 g/mol. The maximum Gasteiger partial charge on any atom is 0.220 e. The van der Waals surface area contributed by atoms with Crippen LogP contribution < -0.4 is 16.0 Å². The van der Waals surface area contributed by atoms with Gasteiger partial charge in [0, 0.05) is 37.1 Å². The van der Waals surface area contributed by atoms with Gasteiger partial charge in [0.25, 0.3) is 0 Å². The van der Waals surface area contributed by atoms with Crippen molar-refractivity contribution in [1.82, 2.24) is 16.0 Å². The van der Waals surface area contributed by atoms with Crippen LogP contribution in [0.1, 0.15) is 79.6 Å². The summed E-state index contributed by atoms with van der Waals surface area (Å²) in [5.41, 5.74) is -0.596. The van der Waals surface area contributed by atoms with Crippen molar-refractivity contribution in [1.29, 1.82) is 0 Å². The number of unbranched alkanes of at least 4 members (excludes halogenated alkanes) is 2. The van der Waals surface area contributed by atoms with Crippen LogP contribution in [0.15, 0.2) is 12.4 Å². The second-order valence-corrected chi connectivity index (χ2v) is 8.93. The third-order valence-electron chi connectivity index (χ3n) is 5.01. The van der Waals surface area contributed by atoms with E-state index in [-0.39, 0.29) is 17.0 Å². The van der Waals surface area contributed by atoms with E-state index >= 15 is 0 Å². The number of nitrogens with one attached hydrogen (secondary N) is 3. The molecule has 0 aromatic rings. The number of hydrogen-bond acceptors (Lipinski definition) is 4. The quantitative estimate of drug-likeness (QED) is 0.360. The van der Waals surface area contributed by atoms with Crippen molar-refractivity contribution < 1.29 is 9.53 Å². The number of carbonyl (C=O) groups is 1. The zero-order valence-corrected chi connectivity index (χ0v) is 17.9. The van der Waals surface area contributed by atoms with Crippen LogP contribution in [0, 0.1) is 12.3 Å². The standard InChI is InChI=1S/C22H39N3O2/c1-8-14-22(6,7)27-16-15-21(4,5)25-20(26)13-11-9-10-12-19-17(2)23-18(3)24-19/h1,17,19,23-24H,3,9-16H2,2,4-7H3,(H,25,26). The Morgan fingerprint density at radius 2 is 1.96 bits per heavy atom. The fourth-order valence-electron chi connectivity index (χ4n) is 3.30. The Morgan fingerprint density at radius 3 is 2.56 bits per heavy atom. The molecule has 0 aliphatic carbocycles. The molecule has 5 nitrogen and oxygen atoms in total. The first kappa shape index (κ1) is 23.4. The summed E-state index contributed by atoms with van der Waals surface area (Å²) in [6.45, 7) is 14.7. The Labute approximate surface area is 166 Å². The van der Waals surface area contributed by atoms with Gasteiger partial charge in [-0.25, -0.2) is 0 Å². The minimum atomic E-state index is -0.317. The molecule has 0 bridgehead atoms. The molecule has 0 saturated carbocycles. The van der Waals surface area contributed by atoms with Gasteiger partial charge in [-0.2, -0.15) is 0 Å². The Morgan fingerprint density at radius 1 is 1.26 bits per heavy atom. The highest BCUT2D eigenvalue weighted by Crippen LogP contribution is 2.17. The molecule has 0 aromatic heterocycles. The molecule has 1 fully saturated rings. The van der Waals surface area contributed by atoms with E-state index in [1.165, 1.54) is 0 Å². The molecular formula is C22H39N3O2. The number of amides is 1. The zero-order valence-electron chi connectivity index (χ0n) is 17.9. The van der Waals surface area contributed by atoms with Gasteiger partial charge >= 0.3 is 0 Å². The molecule has 1 amide bonds. The summed E-state index contributed by atoms with van der Waals surface area (Å²) in [5, 5.41) is 9.79. The third kappa shape index (κ3) is 9.72. The molecule has 0 aromatic carbocycles. The van der Waals surface area contributed by atoms with Crippen molar-refractivity contribution in [3.63, 3.8) is 0 Å². The molecule has 3 N–H and O–H groups in total. The van der Waals surface area contributed by atoms with E-state index in [1.807, 2.05) is 27.7 Å². The molecule has 1 rings (SSSR count). The van der Waals surface area contributed by atoms with Crippen LogP contribution in [0.2, 0.25) is 0 Å². The number of rotatable bonds is 12. The molecule has 2 unspecified atom stereocenters. The lowest BCUT2D eigenvalue weighted by atomic mass is 9.99. The van der Waals surface area contributed by atoms with Crippen molar-refractivity contribution in [2.24, 2.45) is 0 Å². The maximum absolute atomic E-state index is 12.2. The highest BCUT2D eigenvalue weighted by molar-refractivity contribution is 5.76. The van der Waals surface area contributed by atoms with Crippen LogP contribution in [-0.2, 0) is 9.53 Å². The molecule has 1 aliphatic heterocycles. The summed E-state index contributed by atoms with van der Waals surface area (Å²) in [5.74, 6) is 3.67. The third-order valence-corrected chi connectivity index (χ3v) is 5.01. The average molecular weight is 378 g/mol. The summed E-state index contributed by atoms with van der Waals surface area (Å²) in [7, 11) is 0. The highest BCUT2D eigenvalue weighted by atomic mass is 16.5. The van der Waals surface area contributed by atoms with Crippen molar-refractivity contribution in [3.05, 3.63) is 12.4 Å². The topological polar surface area (TPSA) is 62.4 Å². The second kappa shape index (κ2) is 10.6. The van der Waals surface area contributed by atoms with Gasteiger partial charge in [-0.05, 0) is 53.9 Å². The molecule has 0 spiro atoms. The van der Waals surface area contributed by atoms with Gasteiger partial charge in [0.1, 0.15) is 0 Å². The predicted octanol–water partition coefficient (Wildman–Crippen LogP) is 3.46. The summed E-state index contributed by atoms with van der Waals surface area (Å²) in [6, 6.07) is 0.874. The van der Waals surface area contributed by atoms with E-state index in [9.17, 15) is 4.79 Å². The zero-order chi connectivity index (χ0) is 20.5. The van der Waals surface area contributed by atoms with E-state index in [0.29, 0.717) is 31.5 Å². The Balaban J connectivity index is 2.15.